The molecule has 35 heavy (non-hydrogen) atoms. The van der Waals surface area contributed by atoms with Crippen molar-refractivity contribution >= 4 is 16.9 Å². The number of benzene rings is 2. The van der Waals surface area contributed by atoms with Crippen molar-refractivity contribution < 1.29 is 27.8 Å². The van der Waals surface area contributed by atoms with Gasteiger partial charge in [0, 0.05) is 26.2 Å². The summed E-state index contributed by atoms with van der Waals surface area (Å²) in [5.74, 6) is -0.436. The summed E-state index contributed by atoms with van der Waals surface area (Å²) in [6.07, 6.45) is -3.58. The minimum Gasteiger partial charge on any atom is -0.484 e. The third-order valence-corrected chi connectivity index (χ3v) is 6.02. The summed E-state index contributed by atoms with van der Waals surface area (Å²) in [5, 5.41) is 10.6. The molecular weight excluding hydrogens is 461 g/mol. The molecule has 7 nitrogen and oxygen atoms in total. The lowest BCUT2D eigenvalue weighted by Crippen LogP contribution is -2.33. The highest BCUT2D eigenvalue weighted by atomic mass is 19.4. The molecule has 0 bridgehead atoms. The van der Waals surface area contributed by atoms with Gasteiger partial charge in [0.2, 0.25) is 5.82 Å². The maximum atomic E-state index is 13.5. The van der Waals surface area contributed by atoms with Gasteiger partial charge in [-0.05, 0) is 49.7 Å². The standard InChI is InChI=1S/C25H29F3N4O3/c1-30(14-18-8-10-20(11-9-18)35-17-23(34)31-12-4-5-13-31)15-19(33)16-32-22-7-3-2-6-21(22)29-24(32)25(26,27)28/h2-3,6-11,19,33H,4-5,12-17H2,1H3/t19-/m1/s1. The predicted octanol–water partition coefficient (Wildman–Crippen LogP) is 3.55. The van der Waals surface area contributed by atoms with E-state index in [1.807, 2.05) is 17.0 Å². The van der Waals surface area contributed by atoms with Crippen molar-refractivity contribution in [2.24, 2.45) is 0 Å². The second-order valence-electron chi connectivity index (χ2n) is 8.90. The predicted molar refractivity (Wildman–Crippen MR) is 125 cm³/mol. The zero-order valence-corrected chi connectivity index (χ0v) is 19.5. The van der Waals surface area contributed by atoms with E-state index in [9.17, 15) is 23.1 Å². The number of halogens is 3. The van der Waals surface area contributed by atoms with E-state index in [4.69, 9.17) is 4.74 Å². The van der Waals surface area contributed by atoms with Gasteiger partial charge in [-0.3, -0.25) is 9.69 Å². The molecule has 2 aromatic carbocycles. The third-order valence-electron chi connectivity index (χ3n) is 6.02. The van der Waals surface area contributed by atoms with Crippen molar-refractivity contribution in [3.8, 4) is 5.75 Å². The summed E-state index contributed by atoms with van der Waals surface area (Å²) >= 11 is 0. The molecule has 1 N–H and O–H groups in total. The first-order chi connectivity index (χ1) is 16.7. The van der Waals surface area contributed by atoms with Crippen molar-refractivity contribution in [2.75, 3.05) is 33.3 Å². The fourth-order valence-corrected chi connectivity index (χ4v) is 4.38. The summed E-state index contributed by atoms with van der Waals surface area (Å²) in [7, 11) is 1.79. The number of carbonyl (C=O) groups excluding carboxylic acids is 1. The maximum Gasteiger partial charge on any atom is 0.449 e. The normalized spacial score (nSPS) is 15.2. The molecule has 1 fully saturated rings. The molecule has 3 aromatic rings. The van der Waals surface area contributed by atoms with Crippen molar-refractivity contribution in [3.63, 3.8) is 0 Å². The maximum absolute atomic E-state index is 13.5. The number of aliphatic hydroxyl groups is 1. The molecule has 1 aromatic heterocycles. The van der Waals surface area contributed by atoms with Crippen LogP contribution in [-0.2, 0) is 24.1 Å². The van der Waals surface area contributed by atoms with Crippen molar-refractivity contribution in [1.29, 1.82) is 0 Å². The Morgan fingerprint density at radius 3 is 2.51 bits per heavy atom. The number of nitrogens with zero attached hydrogens (tertiary/aromatic N) is 4. The number of amides is 1. The number of para-hydroxylation sites is 2. The van der Waals surface area contributed by atoms with E-state index in [1.165, 1.54) is 6.07 Å². The number of fused-ring (bicyclic) bond motifs is 1. The van der Waals surface area contributed by atoms with Crippen LogP contribution in [0, 0.1) is 0 Å². The lowest BCUT2D eigenvalue weighted by Gasteiger charge is -2.22. The van der Waals surface area contributed by atoms with E-state index in [1.54, 1.807) is 42.3 Å². The fraction of sp³-hybridized carbons (Fsp3) is 0.440. The molecule has 1 aliphatic rings. The van der Waals surface area contributed by atoms with Crippen LogP contribution in [0.5, 0.6) is 5.75 Å². The largest absolute Gasteiger partial charge is 0.484 e. The summed E-state index contributed by atoms with van der Waals surface area (Å²) in [4.78, 5) is 19.5. The minimum absolute atomic E-state index is 0.00822. The van der Waals surface area contributed by atoms with Crippen LogP contribution >= 0.6 is 0 Å². The molecule has 1 amide bonds. The summed E-state index contributed by atoms with van der Waals surface area (Å²) in [6.45, 7) is 2.01. The van der Waals surface area contributed by atoms with Crippen LogP contribution in [0.2, 0.25) is 0 Å². The van der Waals surface area contributed by atoms with Gasteiger partial charge in [0.15, 0.2) is 6.61 Å². The fourth-order valence-electron chi connectivity index (χ4n) is 4.38. The zero-order valence-electron chi connectivity index (χ0n) is 19.5. The molecule has 4 rings (SSSR count). The van der Waals surface area contributed by atoms with Crippen LogP contribution in [0.4, 0.5) is 13.2 Å². The van der Waals surface area contributed by atoms with Crippen molar-refractivity contribution in [2.45, 2.75) is 38.2 Å². The minimum atomic E-state index is -4.62. The first-order valence-corrected chi connectivity index (χ1v) is 11.6. The highest BCUT2D eigenvalue weighted by molar-refractivity contribution is 5.78. The Morgan fingerprint density at radius 1 is 1.14 bits per heavy atom. The molecule has 0 spiro atoms. The van der Waals surface area contributed by atoms with Crippen molar-refractivity contribution in [1.82, 2.24) is 19.4 Å². The van der Waals surface area contributed by atoms with Gasteiger partial charge in [-0.2, -0.15) is 13.2 Å². The Kier molecular flexibility index (Phi) is 7.61. The summed E-state index contributed by atoms with van der Waals surface area (Å²) in [6, 6.07) is 13.7. The van der Waals surface area contributed by atoms with E-state index < -0.39 is 18.1 Å². The molecule has 1 aliphatic heterocycles. The van der Waals surface area contributed by atoms with Crippen LogP contribution in [0.1, 0.15) is 24.2 Å². The average molecular weight is 491 g/mol. The third kappa shape index (κ3) is 6.32. The summed E-state index contributed by atoms with van der Waals surface area (Å²) < 4.78 is 47.1. The van der Waals surface area contributed by atoms with Gasteiger partial charge in [0.05, 0.1) is 23.7 Å². The number of hydrogen-bond donors (Lipinski definition) is 1. The number of carbonyl (C=O) groups is 1. The Balaban J connectivity index is 1.31. The number of aliphatic hydroxyl groups excluding tert-OH is 1. The molecule has 188 valence electrons. The van der Waals surface area contributed by atoms with Gasteiger partial charge in [-0.15, -0.1) is 0 Å². The number of hydrogen-bond acceptors (Lipinski definition) is 5. The van der Waals surface area contributed by atoms with Crippen LogP contribution in [0.15, 0.2) is 48.5 Å². The highest BCUT2D eigenvalue weighted by Crippen LogP contribution is 2.31. The average Bonchev–Trinajstić information content (AvgIpc) is 3.47. The highest BCUT2D eigenvalue weighted by Gasteiger charge is 2.38. The van der Waals surface area contributed by atoms with Gasteiger partial charge >= 0.3 is 6.18 Å². The molecule has 0 aliphatic carbocycles. The van der Waals surface area contributed by atoms with Crippen LogP contribution in [0.25, 0.3) is 11.0 Å². The molecule has 0 radical (unpaired) electrons. The zero-order chi connectivity index (χ0) is 25.0. The SMILES string of the molecule is CN(Cc1ccc(OCC(=O)N2CCCC2)cc1)C[C@@H](O)Cn1c(C(F)(F)F)nc2ccccc21. The molecule has 1 atom stereocenters. The van der Waals surface area contributed by atoms with Crippen LogP contribution in [0.3, 0.4) is 0 Å². The number of ether oxygens (including phenoxy) is 1. The lowest BCUT2D eigenvalue weighted by atomic mass is 10.2. The van der Waals surface area contributed by atoms with Gasteiger partial charge in [0.25, 0.3) is 5.91 Å². The van der Waals surface area contributed by atoms with Gasteiger partial charge in [-0.25, -0.2) is 4.98 Å². The summed E-state index contributed by atoms with van der Waals surface area (Å²) in [5.41, 5.74) is 1.52. The quantitative estimate of drug-likeness (QED) is 0.497. The topological polar surface area (TPSA) is 70.8 Å². The first-order valence-electron chi connectivity index (χ1n) is 11.6. The van der Waals surface area contributed by atoms with E-state index in [0.29, 0.717) is 17.8 Å². The number of rotatable bonds is 9. The molecule has 1 saturated heterocycles. The van der Waals surface area contributed by atoms with E-state index in [0.717, 1.165) is 36.1 Å². The number of likely N-dealkylation sites (tertiary alicyclic amines) is 1. The molecule has 2 heterocycles. The monoisotopic (exact) mass is 490 g/mol. The van der Waals surface area contributed by atoms with Gasteiger partial charge < -0.3 is 19.3 Å². The first kappa shape index (κ1) is 25.0. The van der Waals surface area contributed by atoms with Gasteiger partial charge in [-0.1, -0.05) is 24.3 Å². The van der Waals surface area contributed by atoms with Crippen molar-refractivity contribution in [3.05, 3.63) is 59.9 Å². The Bertz CT molecular complexity index is 1140. The number of imidazole rings is 1. The molecule has 0 unspecified atom stereocenters. The molecule has 10 heteroatoms. The second kappa shape index (κ2) is 10.7. The smallest absolute Gasteiger partial charge is 0.449 e. The van der Waals surface area contributed by atoms with Crippen LogP contribution in [-0.4, -0.2) is 69.8 Å². The van der Waals surface area contributed by atoms with E-state index in [2.05, 4.69) is 4.98 Å². The van der Waals surface area contributed by atoms with Crippen LogP contribution < -0.4 is 4.74 Å². The Hall–Kier alpha value is -3.11. The Morgan fingerprint density at radius 2 is 1.83 bits per heavy atom. The second-order valence-corrected chi connectivity index (χ2v) is 8.90. The number of likely N-dealkylation sites (N-methyl/N-ethyl adjacent to an activating group) is 1. The van der Waals surface area contributed by atoms with Gasteiger partial charge in [0.1, 0.15) is 5.75 Å². The molecular formula is C25H29F3N4O3. The van der Waals surface area contributed by atoms with E-state index in [-0.39, 0.29) is 31.1 Å². The molecule has 0 saturated carbocycles. The Labute approximate surface area is 201 Å². The lowest BCUT2D eigenvalue weighted by molar-refractivity contribution is -0.147. The van der Waals surface area contributed by atoms with E-state index >= 15 is 0 Å². The number of alkyl halides is 3. The number of aromatic nitrogens is 2.